The maximum atomic E-state index is 5.32. The van der Waals surface area contributed by atoms with E-state index in [-0.39, 0.29) is 0 Å². The van der Waals surface area contributed by atoms with Crippen LogP contribution in [0.1, 0.15) is 40.5 Å². The van der Waals surface area contributed by atoms with E-state index >= 15 is 0 Å². The standard InChI is InChI=1S/C11H22N2S/c1-8(2)12-10(14)13(5)9-6-11(3,4)7-9/h8-9H,6-7H2,1-5H3,(H,12,14). The second-order valence-electron chi connectivity index (χ2n) is 5.44. The molecule has 0 atom stereocenters. The molecule has 1 N–H and O–H groups in total. The second-order valence-corrected chi connectivity index (χ2v) is 5.83. The Kier molecular flexibility index (Phi) is 3.40. The summed E-state index contributed by atoms with van der Waals surface area (Å²) in [6.07, 6.45) is 2.51. The molecule has 1 aliphatic carbocycles. The smallest absolute Gasteiger partial charge is 0.169 e. The third-order valence-electron chi connectivity index (χ3n) is 2.86. The highest BCUT2D eigenvalue weighted by atomic mass is 32.1. The Morgan fingerprint density at radius 1 is 1.43 bits per heavy atom. The number of nitrogens with zero attached hydrogens (tertiary/aromatic N) is 1. The van der Waals surface area contributed by atoms with Gasteiger partial charge in [0.2, 0.25) is 0 Å². The Hall–Kier alpha value is -0.310. The summed E-state index contributed by atoms with van der Waals surface area (Å²) in [4.78, 5) is 2.21. The van der Waals surface area contributed by atoms with Gasteiger partial charge in [-0.15, -0.1) is 0 Å². The number of rotatable bonds is 2. The minimum atomic E-state index is 0.429. The maximum absolute atomic E-state index is 5.32. The van der Waals surface area contributed by atoms with Gasteiger partial charge in [0.15, 0.2) is 5.11 Å². The van der Waals surface area contributed by atoms with Gasteiger partial charge in [0.25, 0.3) is 0 Å². The zero-order valence-electron chi connectivity index (χ0n) is 9.92. The van der Waals surface area contributed by atoms with Crippen molar-refractivity contribution in [1.82, 2.24) is 10.2 Å². The molecule has 14 heavy (non-hydrogen) atoms. The minimum Gasteiger partial charge on any atom is -0.360 e. The molecule has 1 fully saturated rings. The quantitative estimate of drug-likeness (QED) is 0.711. The highest BCUT2D eigenvalue weighted by molar-refractivity contribution is 7.80. The van der Waals surface area contributed by atoms with Gasteiger partial charge in [-0.25, -0.2) is 0 Å². The summed E-state index contributed by atoms with van der Waals surface area (Å²) in [5.41, 5.74) is 0.520. The molecule has 0 aliphatic heterocycles. The van der Waals surface area contributed by atoms with Crippen LogP contribution in [0.15, 0.2) is 0 Å². The molecule has 1 aliphatic rings. The summed E-state index contributed by atoms with van der Waals surface area (Å²) in [6.45, 7) is 8.86. The number of nitrogens with one attached hydrogen (secondary N) is 1. The number of hydrogen-bond acceptors (Lipinski definition) is 1. The molecule has 0 aromatic heterocycles. The lowest BCUT2D eigenvalue weighted by molar-refractivity contribution is 0.0786. The van der Waals surface area contributed by atoms with Crippen molar-refractivity contribution in [3.63, 3.8) is 0 Å². The van der Waals surface area contributed by atoms with Gasteiger partial charge >= 0.3 is 0 Å². The van der Waals surface area contributed by atoms with E-state index in [1.807, 2.05) is 0 Å². The molecule has 3 heteroatoms. The van der Waals surface area contributed by atoms with Crippen LogP contribution in [0.2, 0.25) is 0 Å². The number of hydrogen-bond donors (Lipinski definition) is 1. The first-order valence-corrected chi connectivity index (χ1v) is 5.76. The average molecular weight is 214 g/mol. The van der Waals surface area contributed by atoms with E-state index in [1.54, 1.807) is 0 Å². The van der Waals surface area contributed by atoms with Gasteiger partial charge in [0, 0.05) is 19.1 Å². The van der Waals surface area contributed by atoms with Crippen molar-refractivity contribution in [3.05, 3.63) is 0 Å². The molecule has 0 bridgehead atoms. The second kappa shape index (κ2) is 4.05. The van der Waals surface area contributed by atoms with Crippen molar-refractivity contribution in [3.8, 4) is 0 Å². The largest absolute Gasteiger partial charge is 0.360 e. The summed E-state index contributed by atoms with van der Waals surface area (Å²) in [7, 11) is 2.09. The molecular weight excluding hydrogens is 192 g/mol. The third-order valence-corrected chi connectivity index (χ3v) is 3.26. The highest BCUT2D eigenvalue weighted by Crippen LogP contribution is 2.42. The molecule has 2 nitrogen and oxygen atoms in total. The van der Waals surface area contributed by atoms with Crippen molar-refractivity contribution in [2.75, 3.05) is 7.05 Å². The Morgan fingerprint density at radius 3 is 2.29 bits per heavy atom. The van der Waals surface area contributed by atoms with Crippen LogP contribution in [-0.2, 0) is 0 Å². The van der Waals surface area contributed by atoms with Gasteiger partial charge < -0.3 is 10.2 Å². The fourth-order valence-corrected chi connectivity index (χ4v) is 2.39. The molecule has 0 unspecified atom stereocenters. The fourth-order valence-electron chi connectivity index (χ4n) is 2.00. The Balaban J connectivity index is 2.36. The zero-order chi connectivity index (χ0) is 10.9. The van der Waals surface area contributed by atoms with Crippen molar-refractivity contribution < 1.29 is 0 Å². The van der Waals surface area contributed by atoms with Crippen LogP contribution in [0, 0.1) is 5.41 Å². The third kappa shape index (κ3) is 2.84. The van der Waals surface area contributed by atoms with E-state index in [1.165, 1.54) is 12.8 Å². The molecule has 82 valence electrons. The summed E-state index contributed by atoms with van der Waals surface area (Å²) < 4.78 is 0. The van der Waals surface area contributed by atoms with Crippen molar-refractivity contribution in [2.45, 2.75) is 52.6 Å². The van der Waals surface area contributed by atoms with Gasteiger partial charge in [-0.1, -0.05) is 13.8 Å². The van der Waals surface area contributed by atoms with Crippen LogP contribution in [0.4, 0.5) is 0 Å². The van der Waals surface area contributed by atoms with Crippen LogP contribution >= 0.6 is 12.2 Å². The van der Waals surface area contributed by atoms with E-state index in [0.29, 0.717) is 17.5 Å². The summed E-state index contributed by atoms with van der Waals surface area (Å²) in [6, 6.07) is 1.07. The molecule has 0 aromatic carbocycles. The molecule has 0 spiro atoms. The molecule has 0 aromatic rings. The first-order valence-electron chi connectivity index (χ1n) is 5.35. The lowest BCUT2D eigenvalue weighted by Crippen LogP contribution is -2.53. The molecule has 0 amide bonds. The van der Waals surface area contributed by atoms with Gasteiger partial charge in [-0.3, -0.25) is 0 Å². The molecule has 0 saturated heterocycles. The summed E-state index contributed by atoms with van der Waals surface area (Å²) in [5.74, 6) is 0. The first-order chi connectivity index (χ1) is 6.32. The van der Waals surface area contributed by atoms with Crippen LogP contribution in [-0.4, -0.2) is 29.1 Å². The lowest BCUT2D eigenvalue weighted by atomic mass is 9.68. The molecule has 1 rings (SSSR count). The van der Waals surface area contributed by atoms with Gasteiger partial charge in [-0.05, 0) is 44.3 Å². The van der Waals surface area contributed by atoms with Crippen LogP contribution in [0.3, 0.4) is 0 Å². The van der Waals surface area contributed by atoms with Gasteiger partial charge in [0.05, 0.1) is 0 Å². The molecule has 1 saturated carbocycles. The van der Waals surface area contributed by atoms with E-state index in [0.717, 1.165) is 5.11 Å². The topological polar surface area (TPSA) is 15.3 Å². The Bertz CT molecular complexity index is 215. The van der Waals surface area contributed by atoms with Crippen molar-refractivity contribution >= 4 is 17.3 Å². The molecule has 0 radical (unpaired) electrons. The van der Waals surface area contributed by atoms with E-state index in [2.05, 4.69) is 45.0 Å². The number of thiocarbonyl (C=S) groups is 1. The van der Waals surface area contributed by atoms with Gasteiger partial charge in [-0.2, -0.15) is 0 Å². The highest BCUT2D eigenvalue weighted by Gasteiger charge is 2.38. The summed E-state index contributed by atoms with van der Waals surface area (Å²) in [5, 5.41) is 4.17. The monoisotopic (exact) mass is 214 g/mol. The van der Waals surface area contributed by atoms with Crippen LogP contribution < -0.4 is 5.32 Å². The van der Waals surface area contributed by atoms with Gasteiger partial charge in [0.1, 0.15) is 0 Å². The van der Waals surface area contributed by atoms with Crippen LogP contribution in [0.25, 0.3) is 0 Å². The maximum Gasteiger partial charge on any atom is 0.169 e. The SMILES string of the molecule is CC(C)NC(=S)N(C)C1CC(C)(C)C1. The molecular formula is C11H22N2S. The summed E-state index contributed by atoms with van der Waals surface area (Å²) >= 11 is 5.32. The van der Waals surface area contributed by atoms with Crippen molar-refractivity contribution in [2.24, 2.45) is 5.41 Å². The van der Waals surface area contributed by atoms with Crippen LogP contribution in [0.5, 0.6) is 0 Å². The Morgan fingerprint density at radius 2 is 1.93 bits per heavy atom. The Labute approximate surface area is 93.1 Å². The zero-order valence-corrected chi connectivity index (χ0v) is 10.7. The predicted octanol–water partition coefficient (Wildman–Crippen LogP) is 2.39. The minimum absolute atomic E-state index is 0.429. The molecule has 0 heterocycles. The van der Waals surface area contributed by atoms with E-state index < -0.39 is 0 Å². The average Bonchev–Trinajstić information content (AvgIpc) is 1.97. The normalized spacial score (nSPS) is 20.4. The first kappa shape index (κ1) is 11.8. The fraction of sp³-hybridized carbons (Fsp3) is 0.909. The predicted molar refractivity (Wildman–Crippen MR) is 65.4 cm³/mol. The lowest BCUT2D eigenvalue weighted by Gasteiger charge is -2.47. The van der Waals surface area contributed by atoms with E-state index in [4.69, 9.17) is 12.2 Å². The van der Waals surface area contributed by atoms with E-state index in [9.17, 15) is 0 Å². The van der Waals surface area contributed by atoms with Crippen molar-refractivity contribution in [1.29, 1.82) is 0 Å².